The number of aromatic nitrogens is 1. The molecule has 0 unspecified atom stereocenters. The molecular formula is C10H6BrClFN. The molecule has 0 atom stereocenters. The summed E-state index contributed by atoms with van der Waals surface area (Å²) < 4.78 is 13.8. The zero-order valence-electron chi connectivity index (χ0n) is 7.31. The Morgan fingerprint density at radius 2 is 2.14 bits per heavy atom. The molecule has 2 aromatic rings. The largest absolute Gasteiger partial charge is 0.255 e. The van der Waals surface area contributed by atoms with E-state index in [1.54, 1.807) is 6.20 Å². The Labute approximate surface area is 94.0 Å². The molecule has 1 aromatic heterocycles. The van der Waals surface area contributed by atoms with E-state index in [4.69, 9.17) is 11.6 Å². The Morgan fingerprint density at radius 1 is 1.43 bits per heavy atom. The Balaban J connectivity index is 2.95. The van der Waals surface area contributed by atoms with Crippen molar-refractivity contribution in [3.05, 3.63) is 39.2 Å². The van der Waals surface area contributed by atoms with Crippen LogP contribution >= 0.6 is 27.5 Å². The summed E-state index contributed by atoms with van der Waals surface area (Å²) in [6, 6.07) is 2.84. The zero-order valence-corrected chi connectivity index (χ0v) is 9.66. The molecule has 0 spiro atoms. The van der Waals surface area contributed by atoms with Crippen LogP contribution in [0.2, 0.25) is 5.02 Å². The van der Waals surface area contributed by atoms with Crippen LogP contribution in [-0.4, -0.2) is 4.98 Å². The van der Waals surface area contributed by atoms with E-state index >= 15 is 0 Å². The van der Waals surface area contributed by atoms with Gasteiger partial charge in [0.05, 0.1) is 15.0 Å². The van der Waals surface area contributed by atoms with Gasteiger partial charge in [-0.25, -0.2) is 4.39 Å². The van der Waals surface area contributed by atoms with Crippen LogP contribution in [0.4, 0.5) is 4.39 Å². The first-order valence-electron chi connectivity index (χ1n) is 3.99. The smallest absolute Gasteiger partial charge is 0.124 e. The van der Waals surface area contributed by atoms with E-state index in [-0.39, 0.29) is 5.82 Å². The molecule has 0 aliphatic heterocycles. The molecule has 1 nitrogen and oxygen atoms in total. The summed E-state index contributed by atoms with van der Waals surface area (Å²) >= 11 is 9.26. The Hall–Kier alpha value is -0.670. The number of nitrogens with zero attached hydrogens (tertiary/aromatic N) is 1. The fourth-order valence-corrected chi connectivity index (χ4v) is 1.89. The summed E-state index contributed by atoms with van der Waals surface area (Å²) in [7, 11) is 0. The van der Waals surface area contributed by atoms with Crippen LogP contribution in [0.1, 0.15) is 5.56 Å². The van der Waals surface area contributed by atoms with Crippen molar-refractivity contribution in [3.63, 3.8) is 0 Å². The molecule has 0 N–H and O–H groups in total. The number of fused-ring (bicyclic) bond motifs is 1. The minimum Gasteiger partial charge on any atom is -0.255 e. The second kappa shape index (κ2) is 3.48. The fourth-order valence-electron chi connectivity index (χ4n) is 1.38. The van der Waals surface area contributed by atoms with Crippen LogP contribution in [0.25, 0.3) is 10.9 Å². The molecule has 0 aliphatic rings. The normalized spacial score (nSPS) is 10.9. The molecule has 14 heavy (non-hydrogen) atoms. The monoisotopic (exact) mass is 273 g/mol. The molecule has 72 valence electrons. The van der Waals surface area contributed by atoms with Gasteiger partial charge in [-0.2, -0.15) is 0 Å². The summed E-state index contributed by atoms with van der Waals surface area (Å²) in [5.41, 5.74) is 1.52. The van der Waals surface area contributed by atoms with Gasteiger partial charge >= 0.3 is 0 Å². The third kappa shape index (κ3) is 1.51. The first-order valence-corrected chi connectivity index (χ1v) is 5.16. The SMILES string of the molecule is Cc1cc(F)cc2c(Cl)c(Br)cnc12. The maximum Gasteiger partial charge on any atom is 0.124 e. The number of aryl methyl sites for hydroxylation is 1. The van der Waals surface area contributed by atoms with E-state index in [0.717, 1.165) is 11.1 Å². The maximum absolute atomic E-state index is 13.1. The molecule has 0 aliphatic carbocycles. The predicted octanol–water partition coefficient (Wildman–Crippen LogP) is 4.10. The minimum atomic E-state index is -0.295. The molecule has 0 saturated heterocycles. The summed E-state index contributed by atoms with van der Waals surface area (Å²) in [6.45, 7) is 1.81. The van der Waals surface area contributed by atoms with Gasteiger partial charge in [0, 0.05) is 11.6 Å². The van der Waals surface area contributed by atoms with Gasteiger partial charge in [-0.05, 0) is 40.5 Å². The third-order valence-corrected chi connectivity index (χ3v) is 3.26. The van der Waals surface area contributed by atoms with Crippen molar-refractivity contribution < 1.29 is 4.39 Å². The van der Waals surface area contributed by atoms with E-state index in [9.17, 15) is 4.39 Å². The Bertz CT molecular complexity index is 513. The number of rotatable bonds is 0. The summed E-state index contributed by atoms with van der Waals surface area (Å²) in [4.78, 5) is 4.18. The van der Waals surface area contributed by atoms with Crippen molar-refractivity contribution >= 4 is 38.4 Å². The Morgan fingerprint density at radius 3 is 2.86 bits per heavy atom. The highest BCUT2D eigenvalue weighted by Crippen LogP contribution is 2.31. The summed E-state index contributed by atoms with van der Waals surface area (Å²) in [5.74, 6) is -0.295. The van der Waals surface area contributed by atoms with Crippen LogP contribution in [0, 0.1) is 12.7 Å². The van der Waals surface area contributed by atoms with Crippen molar-refractivity contribution in [2.24, 2.45) is 0 Å². The van der Waals surface area contributed by atoms with Gasteiger partial charge in [0.15, 0.2) is 0 Å². The van der Waals surface area contributed by atoms with Crippen LogP contribution in [0.3, 0.4) is 0 Å². The summed E-state index contributed by atoms with van der Waals surface area (Å²) in [5, 5.41) is 1.14. The second-order valence-electron chi connectivity index (χ2n) is 3.04. The highest BCUT2D eigenvalue weighted by atomic mass is 79.9. The molecule has 0 fully saturated rings. The van der Waals surface area contributed by atoms with Crippen LogP contribution in [-0.2, 0) is 0 Å². The molecule has 0 amide bonds. The average molecular weight is 275 g/mol. The number of benzene rings is 1. The molecule has 0 bridgehead atoms. The highest BCUT2D eigenvalue weighted by molar-refractivity contribution is 9.10. The number of hydrogen-bond donors (Lipinski definition) is 0. The van der Waals surface area contributed by atoms with E-state index in [1.165, 1.54) is 12.1 Å². The average Bonchev–Trinajstić information content (AvgIpc) is 2.12. The van der Waals surface area contributed by atoms with Gasteiger partial charge in [-0.15, -0.1) is 0 Å². The number of hydrogen-bond acceptors (Lipinski definition) is 1. The van der Waals surface area contributed by atoms with Crippen molar-refractivity contribution in [1.29, 1.82) is 0 Å². The highest BCUT2D eigenvalue weighted by Gasteiger charge is 2.08. The van der Waals surface area contributed by atoms with E-state index < -0.39 is 0 Å². The van der Waals surface area contributed by atoms with Crippen molar-refractivity contribution in [2.45, 2.75) is 6.92 Å². The van der Waals surface area contributed by atoms with Crippen LogP contribution in [0.5, 0.6) is 0 Å². The maximum atomic E-state index is 13.1. The van der Waals surface area contributed by atoms with Crippen molar-refractivity contribution in [3.8, 4) is 0 Å². The van der Waals surface area contributed by atoms with Crippen LogP contribution in [0.15, 0.2) is 22.8 Å². The van der Waals surface area contributed by atoms with Crippen molar-refractivity contribution in [2.75, 3.05) is 0 Å². The summed E-state index contributed by atoms with van der Waals surface area (Å²) in [6.07, 6.45) is 1.62. The van der Waals surface area contributed by atoms with Crippen LogP contribution < -0.4 is 0 Å². The lowest BCUT2D eigenvalue weighted by Crippen LogP contribution is -1.87. The zero-order chi connectivity index (χ0) is 10.3. The minimum absolute atomic E-state index is 0.295. The lowest BCUT2D eigenvalue weighted by atomic mass is 10.1. The Kier molecular flexibility index (Phi) is 2.45. The second-order valence-corrected chi connectivity index (χ2v) is 4.27. The lowest BCUT2D eigenvalue weighted by Gasteiger charge is -2.04. The molecular weight excluding hydrogens is 268 g/mol. The first kappa shape index (κ1) is 9.87. The van der Waals surface area contributed by atoms with Gasteiger partial charge < -0.3 is 0 Å². The quantitative estimate of drug-likeness (QED) is 0.705. The van der Waals surface area contributed by atoms with Gasteiger partial charge in [0.2, 0.25) is 0 Å². The molecule has 4 heteroatoms. The van der Waals surface area contributed by atoms with E-state index in [2.05, 4.69) is 20.9 Å². The molecule has 0 radical (unpaired) electrons. The lowest BCUT2D eigenvalue weighted by molar-refractivity contribution is 0.628. The molecule has 0 saturated carbocycles. The molecule has 1 heterocycles. The number of halogens is 3. The molecule has 1 aromatic carbocycles. The fraction of sp³-hybridized carbons (Fsp3) is 0.100. The molecule has 2 rings (SSSR count). The van der Waals surface area contributed by atoms with Gasteiger partial charge in [-0.3, -0.25) is 4.98 Å². The van der Waals surface area contributed by atoms with Gasteiger partial charge in [-0.1, -0.05) is 11.6 Å². The topological polar surface area (TPSA) is 12.9 Å². The first-order chi connectivity index (χ1) is 6.59. The third-order valence-electron chi connectivity index (χ3n) is 2.02. The predicted molar refractivity (Wildman–Crippen MR) is 59.1 cm³/mol. The van der Waals surface area contributed by atoms with Crippen molar-refractivity contribution in [1.82, 2.24) is 4.98 Å². The van der Waals surface area contributed by atoms with E-state index in [0.29, 0.717) is 14.9 Å². The standard InChI is InChI=1S/C10H6BrClFN/c1-5-2-6(13)3-7-9(12)8(11)4-14-10(5)7/h2-4H,1H3. The van der Waals surface area contributed by atoms with E-state index in [1.807, 2.05) is 6.92 Å². The van der Waals surface area contributed by atoms with Gasteiger partial charge in [0.1, 0.15) is 5.82 Å². The number of pyridine rings is 1. The van der Waals surface area contributed by atoms with Gasteiger partial charge in [0.25, 0.3) is 0 Å².